The molecule has 1 aromatic carbocycles. The second-order valence-corrected chi connectivity index (χ2v) is 5.66. The van der Waals surface area contributed by atoms with Gasteiger partial charge in [0.15, 0.2) is 0 Å². The van der Waals surface area contributed by atoms with Gasteiger partial charge < -0.3 is 4.74 Å². The van der Waals surface area contributed by atoms with Gasteiger partial charge in [-0.1, -0.05) is 44.9 Å². The van der Waals surface area contributed by atoms with Crippen molar-refractivity contribution in [3.63, 3.8) is 0 Å². The molecule has 4 rings (SSSR count). The lowest BCUT2D eigenvalue weighted by atomic mass is 10.2. The van der Waals surface area contributed by atoms with E-state index in [1.54, 1.807) is 11.1 Å². The van der Waals surface area contributed by atoms with Crippen LogP contribution in [0.25, 0.3) is 0 Å². The summed E-state index contributed by atoms with van der Waals surface area (Å²) in [5.41, 5.74) is 1.55. The Balaban J connectivity index is 0.00000104. The molecule has 1 amide bonds. The van der Waals surface area contributed by atoms with E-state index in [1.807, 2.05) is 42.5 Å². The fourth-order valence-electron chi connectivity index (χ4n) is 2.48. The molecule has 124 valence electrons. The van der Waals surface area contributed by atoms with Crippen molar-refractivity contribution in [3.8, 4) is 11.8 Å². The summed E-state index contributed by atoms with van der Waals surface area (Å²) >= 11 is 0. The molecule has 1 aliphatic carbocycles. The summed E-state index contributed by atoms with van der Waals surface area (Å²) in [6.45, 7) is 0.605. The van der Waals surface area contributed by atoms with Crippen LogP contribution in [0.3, 0.4) is 0 Å². The molecule has 1 spiro atoms. The third-order valence-corrected chi connectivity index (χ3v) is 3.93. The summed E-state index contributed by atoms with van der Waals surface area (Å²) in [6, 6.07) is 13.5. The first-order chi connectivity index (χ1) is 10.7. The molecule has 0 N–H and O–H groups in total. The largest absolute Gasteiger partial charge is 0.441 e. The van der Waals surface area contributed by atoms with E-state index < -0.39 is 0 Å². The number of ether oxygens (including phenoxy) is 1. The van der Waals surface area contributed by atoms with Crippen LogP contribution in [-0.2, 0) is 4.74 Å². The average molecular weight is 322 g/mol. The van der Waals surface area contributed by atoms with Gasteiger partial charge in [0.05, 0.1) is 6.54 Å². The predicted octanol–water partition coefficient (Wildman–Crippen LogP) is 4.24. The summed E-state index contributed by atoms with van der Waals surface area (Å²) in [7, 11) is 0. The zero-order chi connectivity index (χ0) is 15.0. The maximum absolute atomic E-state index is 11.9. The smallest absolute Gasteiger partial charge is 0.416 e. The monoisotopic (exact) mass is 322 g/mol. The van der Waals surface area contributed by atoms with Crippen molar-refractivity contribution in [2.45, 2.75) is 33.3 Å². The molecule has 2 aromatic rings. The summed E-state index contributed by atoms with van der Waals surface area (Å²) < 4.78 is 5.38. The minimum absolute atomic E-state index is 0. The Labute approximate surface area is 143 Å². The number of rotatable bonds is 1. The molecule has 1 saturated heterocycles. The first-order valence-electron chi connectivity index (χ1n) is 7.28. The fourth-order valence-corrected chi connectivity index (χ4v) is 2.48. The Morgan fingerprint density at radius 3 is 2.29 bits per heavy atom. The minimum Gasteiger partial charge on any atom is -0.441 e. The van der Waals surface area contributed by atoms with Gasteiger partial charge in [0.2, 0.25) is 0 Å². The number of carbonyl (C=O) groups excluding carboxylic acids is 1. The summed E-state index contributed by atoms with van der Waals surface area (Å²) in [6.07, 6.45) is 3.30. The molecule has 2 aliphatic rings. The number of amides is 1. The Morgan fingerprint density at radius 2 is 1.71 bits per heavy atom. The molecule has 1 aromatic heterocycles. The van der Waals surface area contributed by atoms with Gasteiger partial charge in [-0.2, -0.15) is 0 Å². The highest BCUT2D eigenvalue weighted by atomic mass is 16.6. The molecular weight excluding hydrogens is 300 g/mol. The Kier molecular flexibility index (Phi) is 4.94. The molecule has 0 bridgehead atoms. The lowest BCUT2D eigenvalue weighted by molar-refractivity contribution is 0.129. The normalized spacial score (nSPS) is 16.3. The van der Waals surface area contributed by atoms with E-state index in [1.165, 1.54) is 0 Å². The number of carbonyl (C=O) groups is 1. The fraction of sp³-hybridized carbons (Fsp3) is 0.300. The molecule has 24 heavy (non-hydrogen) atoms. The van der Waals surface area contributed by atoms with Crippen LogP contribution in [0.4, 0.5) is 10.6 Å². The van der Waals surface area contributed by atoms with Crippen LogP contribution in [0.1, 0.15) is 38.8 Å². The molecule has 0 radical (unpaired) electrons. The van der Waals surface area contributed by atoms with E-state index in [0.29, 0.717) is 12.4 Å². The molecule has 2 heterocycles. The number of nitrogens with zero attached hydrogens (tertiary/aromatic N) is 2. The number of hydrogen-bond donors (Lipinski definition) is 0. The first kappa shape index (κ1) is 17.6. The summed E-state index contributed by atoms with van der Waals surface area (Å²) in [4.78, 5) is 17.8. The second-order valence-electron chi connectivity index (χ2n) is 5.66. The zero-order valence-corrected chi connectivity index (χ0v) is 12.0. The maximum Gasteiger partial charge on any atom is 0.416 e. The quantitative estimate of drug-likeness (QED) is 0.737. The van der Waals surface area contributed by atoms with Gasteiger partial charge in [-0.05, 0) is 37.1 Å². The lowest BCUT2D eigenvalue weighted by Gasteiger charge is -2.11. The molecule has 1 saturated carbocycles. The van der Waals surface area contributed by atoms with Gasteiger partial charge in [-0.15, -0.1) is 0 Å². The van der Waals surface area contributed by atoms with Crippen LogP contribution in [0, 0.1) is 11.8 Å². The van der Waals surface area contributed by atoms with Gasteiger partial charge in [-0.3, -0.25) is 4.90 Å². The Bertz CT molecular complexity index is 769. The van der Waals surface area contributed by atoms with Crippen LogP contribution in [0.2, 0.25) is 0 Å². The lowest BCUT2D eigenvalue weighted by Crippen LogP contribution is -2.25. The van der Waals surface area contributed by atoms with Gasteiger partial charge in [0.25, 0.3) is 0 Å². The van der Waals surface area contributed by atoms with Crippen molar-refractivity contribution >= 4 is 11.9 Å². The SMILES string of the molecule is C.C.O=C1OC2(CC2)CN1c1ccc(C#Cc2ccccc2)cn1. The Hall–Kier alpha value is -2.80. The van der Waals surface area contributed by atoms with Crippen molar-refractivity contribution in [1.29, 1.82) is 0 Å². The highest BCUT2D eigenvalue weighted by Gasteiger charge is 2.55. The zero-order valence-electron chi connectivity index (χ0n) is 12.0. The standard InChI is InChI=1S/C18H14N2O2.2CH4/c21-17-20(13-18(22-17)10-11-18)16-9-8-15(12-19-16)7-6-14-4-2-1-3-5-14;;/h1-5,8-9,12H,10-11,13H2;2*1H4. The number of anilines is 1. The molecular formula is C20H22N2O2. The molecule has 4 heteroatoms. The topological polar surface area (TPSA) is 42.4 Å². The van der Waals surface area contributed by atoms with Crippen molar-refractivity contribution < 1.29 is 9.53 Å². The van der Waals surface area contributed by atoms with E-state index in [9.17, 15) is 4.79 Å². The second kappa shape index (κ2) is 6.76. The molecule has 1 aliphatic heterocycles. The first-order valence-corrected chi connectivity index (χ1v) is 7.28. The highest BCUT2D eigenvalue weighted by molar-refractivity contribution is 5.89. The van der Waals surface area contributed by atoms with Crippen LogP contribution in [-0.4, -0.2) is 23.2 Å². The van der Waals surface area contributed by atoms with Gasteiger partial charge >= 0.3 is 6.09 Å². The Morgan fingerprint density at radius 1 is 1.00 bits per heavy atom. The average Bonchev–Trinajstić information content (AvgIpc) is 3.22. The van der Waals surface area contributed by atoms with Crippen molar-refractivity contribution in [2.75, 3.05) is 11.4 Å². The molecule has 4 nitrogen and oxygen atoms in total. The number of aromatic nitrogens is 1. The van der Waals surface area contributed by atoms with Crippen LogP contribution >= 0.6 is 0 Å². The van der Waals surface area contributed by atoms with Gasteiger partial charge in [-0.25, -0.2) is 9.78 Å². The maximum atomic E-state index is 11.9. The van der Waals surface area contributed by atoms with E-state index >= 15 is 0 Å². The van der Waals surface area contributed by atoms with Crippen molar-refractivity contribution in [3.05, 3.63) is 59.8 Å². The molecule has 0 unspecified atom stereocenters. The van der Waals surface area contributed by atoms with Gasteiger partial charge in [0, 0.05) is 17.3 Å². The third kappa shape index (κ3) is 3.41. The van der Waals surface area contributed by atoms with Crippen LogP contribution < -0.4 is 4.90 Å². The summed E-state index contributed by atoms with van der Waals surface area (Å²) in [5, 5.41) is 0. The molecule has 0 atom stereocenters. The third-order valence-electron chi connectivity index (χ3n) is 3.93. The van der Waals surface area contributed by atoms with Crippen LogP contribution in [0.5, 0.6) is 0 Å². The predicted molar refractivity (Wildman–Crippen MR) is 95.9 cm³/mol. The summed E-state index contributed by atoms with van der Waals surface area (Å²) in [5.74, 6) is 6.78. The van der Waals surface area contributed by atoms with E-state index in [-0.39, 0.29) is 26.5 Å². The molecule has 2 fully saturated rings. The number of benzene rings is 1. The van der Waals surface area contributed by atoms with Crippen molar-refractivity contribution in [2.24, 2.45) is 0 Å². The van der Waals surface area contributed by atoms with E-state index in [4.69, 9.17) is 4.74 Å². The van der Waals surface area contributed by atoms with Crippen molar-refractivity contribution in [1.82, 2.24) is 4.98 Å². The highest BCUT2D eigenvalue weighted by Crippen LogP contribution is 2.45. The van der Waals surface area contributed by atoms with E-state index in [0.717, 1.165) is 24.0 Å². The number of hydrogen-bond acceptors (Lipinski definition) is 3. The van der Waals surface area contributed by atoms with E-state index in [2.05, 4.69) is 16.8 Å². The van der Waals surface area contributed by atoms with Gasteiger partial charge in [0.1, 0.15) is 11.4 Å². The van der Waals surface area contributed by atoms with Crippen LogP contribution in [0.15, 0.2) is 48.7 Å². The number of pyridine rings is 1. The minimum atomic E-state index is -0.298.